The fraction of sp³-hybridized carbons (Fsp3) is 0.0741. The van der Waals surface area contributed by atoms with Crippen molar-refractivity contribution in [1.82, 2.24) is 0 Å². The van der Waals surface area contributed by atoms with E-state index in [0.29, 0.717) is 18.1 Å². The van der Waals surface area contributed by atoms with Gasteiger partial charge in [0.1, 0.15) is 18.1 Å². The number of benzene rings is 4. The summed E-state index contributed by atoms with van der Waals surface area (Å²) in [5, 5.41) is 0. The molecule has 4 nitrogen and oxygen atoms in total. The van der Waals surface area contributed by atoms with Crippen LogP contribution in [0.1, 0.15) is 11.1 Å². The highest BCUT2D eigenvalue weighted by Crippen LogP contribution is 2.29. The van der Waals surface area contributed by atoms with Gasteiger partial charge in [-0.25, -0.2) is 0 Å². The SMILES string of the molecule is COc1cc(C=Nc2ccc(Oc3ccccc3)cc2)ccc1OCc1ccccc1. The number of rotatable bonds is 8. The van der Waals surface area contributed by atoms with E-state index in [1.54, 1.807) is 13.3 Å². The minimum Gasteiger partial charge on any atom is -0.493 e. The highest BCUT2D eigenvalue weighted by molar-refractivity contribution is 5.83. The van der Waals surface area contributed by atoms with E-state index in [1.807, 2.05) is 103 Å². The Bertz CT molecular complexity index is 1120. The first-order valence-corrected chi connectivity index (χ1v) is 10.0. The molecule has 0 bridgehead atoms. The zero-order valence-corrected chi connectivity index (χ0v) is 17.3. The highest BCUT2D eigenvalue weighted by Gasteiger charge is 2.06. The minimum absolute atomic E-state index is 0.488. The molecule has 0 saturated carbocycles. The summed E-state index contributed by atoms with van der Waals surface area (Å²) in [6.07, 6.45) is 1.80. The molecule has 154 valence electrons. The van der Waals surface area contributed by atoms with Gasteiger partial charge in [0.05, 0.1) is 12.8 Å². The third kappa shape index (κ3) is 5.73. The van der Waals surface area contributed by atoms with Gasteiger partial charge in [0.25, 0.3) is 0 Å². The zero-order valence-electron chi connectivity index (χ0n) is 17.3. The summed E-state index contributed by atoms with van der Waals surface area (Å²) in [6.45, 7) is 0.488. The average molecular weight is 409 g/mol. The Kier molecular flexibility index (Phi) is 6.61. The van der Waals surface area contributed by atoms with E-state index in [0.717, 1.165) is 28.3 Å². The number of para-hydroxylation sites is 1. The van der Waals surface area contributed by atoms with Crippen molar-refractivity contribution in [2.24, 2.45) is 4.99 Å². The van der Waals surface area contributed by atoms with E-state index in [1.165, 1.54) is 0 Å². The third-order valence-corrected chi connectivity index (χ3v) is 4.60. The molecular weight excluding hydrogens is 386 g/mol. The van der Waals surface area contributed by atoms with E-state index in [9.17, 15) is 0 Å². The molecule has 0 heterocycles. The molecule has 31 heavy (non-hydrogen) atoms. The molecule has 0 amide bonds. The first kappa shape index (κ1) is 20.2. The number of hydrogen-bond acceptors (Lipinski definition) is 4. The average Bonchev–Trinajstić information content (AvgIpc) is 2.84. The van der Waals surface area contributed by atoms with Gasteiger partial charge in [0.15, 0.2) is 11.5 Å². The van der Waals surface area contributed by atoms with Crippen LogP contribution in [0.25, 0.3) is 0 Å². The van der Waals surface area contributed by atoms with E-state index < -0.39 is 0 Å². The molecule has 4 rings (SSSR count). The normalized spacial score (nSPS) is 10.7. The van der Waals surface area contributed by atoms with Gasteiger partial charge in [-0.2, -0.15) is 0 Å². The van der Waals surface area contributed by atoms with Crippen LogP contribution in [-0.2, 0) is 6.61 Å². The second-order valence-corrected chi connectivity index (χ2v) is 6.85. The van der Waals surface area contributed by atoms with E-state index in [2.05, 4.69) is 4.99 Å². The summed E-state index contributed by atoms with van der Waals surface area (Å²) in [6, 6.07) is 33.2. The Labute approximate surface area is 182 Å². The van der Waals surface area contributed by atoms with Gasteiger partial charge in [-0.1, -0.05) is 48.5 Å². The minimum atomic E-state index is 0.488. The van der Waals surface area contributed by atoms with Crippen molar-refractivity contribution in [1.29, 1.82) is 0 Å². The van der Waals surface area contributed by atoms with Crippen molar-refractivity contribution in [2.45, 2.75) is 6.61 Å². The Balaban J connectivity index is 1.40. The lowest BCUT2D eigenvalue weighted by Crippen LogP contribution is -1.98. The molecular formula is C27H23NO3. The molecule has 0 fully saturated rings. The molecule has 4 heteroatoms. The summed E-state index contributed by atoms with van der Waals surface area (Å²) in [4.78, 5) is 4.55. The van der Waals surface area contributed by atoms with Crippen LogP contribution >= 0.6 is 0 Å². The van der Waals surface area contributed by atoms with Gasteiger partial charge in [-0.3, -0.25) is 4.99 Å². The van der Waals surface area contributed by atoms with Crippen LogP contribution in [0.15, 0.2) is 108 Å². The number of aliphatic imine (C=N–C) groups is 1. The van der Waals surface area contributed by atoms with Gasteiger partial charge in [0, 0.05) is 6.21 Å². The number of hydrogen-bond donors (Lipinski definition) is 0. The largest absolute Gasteiger partial charge is 0.493 e. The van der Waals surface area contributed by atoms with Crippen LogP contribution < -0.4 is 14.2 Å². The monoisotopic (exact) mass is 409 g/mol. The van der Waals surface area contributed by atoms with Crippen molar-refractivity contribution in [3.63, 3.8) is 0 Å². The lowest BCUT2D eigenvalue weighted by molar-refractivity contribution is 0.284. The lowest BCUT2D eigenvalue weighted by atomic mass is 10.2. The van der Waals surface area contributed by atoms with E-state index in [-0.39, 0.29) is 0 Å². The van der Waals surface area contributed by atoms with Crippen molar-refractivity contribution in [3.8, 4) is 23.0 Å². The lowest BCUT2D eigenvalue weighted by Gasteiger charge is -2.11. The molecule has 0 N–H and O–H groups in total. The number of methoxy groups -OCH3 is 1. The predicted octanol–water partition coefficient (Wildman–Crippen LogP) is 6.82. The Morgan fingerprint density at radius 3 is 2.10 bits per heavy atom. The van der Waals surface area contributed by atoms with Crippen LogP contribution in [0.4, 0.5) is 5.69 Å². The topological polar surface area (TPSA) is 40.0 Å². The number of ether oxygens (including phenoxy) is 3. The van der Waals surface area contributed by atoms with Crippen molar-refractivity contribution in [3.05, 3.63) is 114 Å². The number of nitrogens with zero attached hydrogens (tertiary/aromatic N) is 1. The molecule has 0 unspecified atom stereocenters. The molecule has 0 aliphatic carbocycles. The van der Waals surface area contributed by atoms with Crippen molar-refractivity contribution < 1.29 is 14.2 Å². The second kappa shape index (κ2) is 10.1. The summed E-state index contributed by atoms with van der Waals surface area (Å²) in [5.41, 5.74) is 2.87. The van der Waals surface area contributed by atoms with Crippen molar-refractivity contribution in [2.75, 3.05) is 7.11 Å². The molecule has 0 saturated heterocycles. The smallest absolute Gasteiger partial charge is 0.161 e. The Morgan fingerprint density at radius 1 is 0.710 bits per heavy atom. The summed E-state index contributed by atoms with van der Waals surface area (Å²) < 4.78 is 17.2. The van der Waals surface area contributed by atoms with E-state index >= 15 is 0 Å². The first-order chi connectivity index (χ1) is 15.3. The van der Waals surface area contributed by atoms with E-state index in [4.69, 9.17) is 14.2 Å². The molecule has 0 aliphatic rings. The van der Waals surface area contributed by atoms with Crippen LogP contribution in [0.5, 0.6) is 23.0 Å². The molecule has 0 atom stereocenters. The summed E-state index contributed by atoms with van der Waals surface area (Å²) in [5.74, 6) is 2.95. The maximum absolute atomic E-state index is 5.91. The van der Waals surface area contributed by atoms with Gasteiger partial charge in [0.2, 0.25) is 0 Å². The quantitative estimate of drug-likeness (QED) is 0.300. The molecule has 0 aromatic heterocycles. The van der Waals surface area contributed by atoms with Gasteiger partial charge in [-0.05, 0) is 65.7 Å². The van der Waals surface area contributed by atoms with Crippen molar-refractivity contribution >= 4 is 11.9 Å². The Morgan fingerprint density at radius 2 is 1.39 bits per heavy atom. The highest BCUT2D eigenvalue weighted by atomic mass is 16.5. The summed E-state index contributed by atoms with van der Waals surface area (Å²) >= 11 is 0. The fourth-order valence-corrected chi connectivity index (χ4v) is 2.99. The summed E-state index contributed by atoms with van der Waals surface area (Å²) in [7, 11) is 1.64. The van der Waals surface area contributed by atoms with Gasteiger partial charge >= 0.3 is 0 Å². The van der Waals surface area contributed by atoms with Crippen LogP contribution in [-0.4, -0.2) is 13.3 Å². The maximum Gasteiger partial charge on any atom is 0.161 e. The van der Waals surface area contributed by atoms with Crippen LogP contribution in [0.3, 0.4) is 0 Å². The van der Waals surface area contributed by atoms with Gasteiger partial charge < -0.3 is 14.2 Å². The zero-order chi connectivity index (χ0) is 21.3. The maximum atomic E-state index is 5.91. The molecule has 0 radical (unpaired) electrons. The molecule has 4 aromatic carbocycles. The molecule has 0 spiro atoms. The second-order valence-electron chi connectivity index (χ2n) is 6.85. The standard InChI is InChI=1S/C27H23NO3/c1-29-27-18-22(12-17-26(27)30-20-21-8-4-2-5-9-21)19-28-23-13-15-25(16-14-23)31-24-10-6-3-7-11-24/h2-19H,20H2,1H3. The van der Waals surface area contributed by atoms with Gasteiger partial charge in [-0.15, -0.1) is 0 Å². The van der Waals surface area contributed by atoms with Crippen LogP contribution in [0.2, 0.25) is 0 Å². The fourth-order valence-electron chi connectivity index (χ4n) is 2.99. The molecule has 0 aliphatic heterocycles. The first-order valence-electron chi connectivity index (χ1n) is 10.0. The van der Waals surface area contributed by atoms with Crippen LogP contribution in [0, 0.1) is 0 Å². The molecule has 4 aromatic rings. The predicted molar refractivity (Wildman–Crippen MR) is 124 cm³/mol. The third-order valence-electron chi connectivity index (χ3n) is 4.60. The Hall–Kier alpha value is -4.05.